The minimum Gasteiger partial charge on any atom is -0.320 e. The van der Waals surface area contributed by atoms with Crippen LogP contribution in [0, 0.1) is 15.9 Å². The Morgan fingerprint density at radius 2 is 1.70 bits per heavy atom. The first-order chi connectivity index (χ1) is 16.0. The SMILES string of the molecule is O=C(CSc1nnc(-c2ccccc2F)n1Cc1ccccc1)Nc1ccccc1[N+](=O)[O-]. The number of carbonyl (C=O) groups is 1. The number of amides is 1. The van der Waals surface area contributed by atoms with Gasteiger partial charge in [0.15, 0.2) is 11.0 Å². The molecule has 0 spiro atoms. The number of nitro benzene ring substituents is 1. The Balaban J connectivity index is 1.57. The van der Waals surface area contributed by atoms with Gasteiger partial charge in [-0.3, -0.25) is 19.5 Å². The van der Waals surface area contributed by atoms with Crippen LogP contribution in [0.5, 0.6) is 0 Å². The van der Waals surface area contributed by atoms with Crippen molar-refractivity contribution in [3.8, 4) is 11.4 Å². The summed E-state index contributed by atoms with van der Waals surface area (Å²) in [5.41, 5.74) is 1.19. The van der Waals surface area contributed by atoms with Gasteiger partial charge in [-0.1, -0.05) is 66.4 Å². The molecule has 0 aliphatic carbocycles. The summed E-state index contributed by atoms with van der Waals surface area (Å²) in [6, 6.07) is 21.8. The van der Waals surface area contributed by atoms with Gasteiger partial charge in [-0.15, -0.1) is 10.2 Å². The van der Waals surface area contributed by atoms with Crippen molar-refractivity contribution < 1.29 is 14.1 Å². The largest absolute Gasteiger partial charge is 0.320 e. The molecule has 33 heavy (non-hydrogen) atoms. The van der Waals surface area contributed by atoms with E-state index < -0.39 is 16.6 Å². The van der Waals surface area contributed by atoms with Gasteiger partial charge in [-0.05, 0) is 23.8 Å². The minimum absolute atomic E-state index is 0.0593. The van der Waals surface area contributed by atoms with Crippen molar-refractivity contribution in [3.63, 3.8) is 0 Å². The Kier molecular flexibility index (Phi) is 6.75. The summed E-state index contributed by atoms with van der Waals surface area (Å²) in [6.45, 7) is 0.381. The Hall–Kier alpha value is -4.05. The number of nitro groups is 1. The molecule has 8 nitrogen and oxygen atoms in total. The van der Waals surface area contributed by atoms with Crippen molar-refractivity contribution in [3.05, 3.63) is 100 Å². The molecule has 1 aromatic heterocycles. The van der Waals surface area contributed by atoms with E-state index in [1.54, 1.807) is 28.8 Å². The molecule has 0 saturated heterocycles. The molecule has 1 heterocycles. The summed E-state index contributed by atoms with van der Waals surface area (Å²) in [5.74, 6) is -0.574. The smallest absolute Gasteiger partial charge is 0.292 e. The van der Waals surface area contributed by atoms with E-state index in [9.17, 15) is 19.3 Å². The number of nitrogens with zero attached hydrogens (tertiary/aromatic N) is 4. The standard InChI is InChI=1S/C23H18FN5O3S/c24-18-11-5-4-10-17(18)22-26-27-23(28(22)14-16-8-2-1-3-9-16)33-15-21(30)25-19-12-6-7-13-20(19)29(31)32/h1-13H,14-15H2,(H,25,30). The van der Waals surface area contributed by atoms with Crippen LogP contribution in [0.2, 0.25) is 0 Å². The first kappa shape index (κ1) is 22.2. The number of thioether (sulfide) groups is 1. The van der Waals surface area contributed by atoms with Gasteiger partial charge in [0.1, 0.15) is 11.5 Å². The van der Waals surface area contributed by atoms with Gasteiger partial charge in [0, 0.05) is 6.07 Å². The van der Waals surface area contributed by atoms with Gasteiger partial charge in [-0.25, -0.2) is 4.39 Å². The topological polar surface area (TPSA) is 103 Å². The number of hydrogen-bond acceptors (Lipinski definition) is 6. The van der Waals surface area contributed by atoms with Crippen LogP contribution < -0.4 is 5.32 Å². The third kappa shape index (κ3) is 5.24. The Morgan fingerprint density at radius 3 is 2.45 bits per heavy atom. The highest BCUT2D eigenvalue weighted by atomic mass is 32.2. The summed E-state index contributed by atoms with van der Waals surface area (Å²) in [5, 5.41) is 22.5. The molecule has 0 fully saturated rings. The highest BCUT2D eigenvalue weighted by molar-refractivity contribution is 7.99. The normalized spacial score (nSPS) is 10.7. The lowest BCUT2D eigenvalue weighted by atomic mass is 10.2. The number of nitrogens with one attached hydrogen (secondary N) is 1. The quantitative estimate of drug-likeness (QED) is 0.229. The predicted molar refractivity (Wildman–Crippen MR) is 123 cm³/mol. The monoisotopic (exact) mass is 463 g/mol. The zero-order valence-electron chi connectivity index (χ0n) is 17.2. The van der Waals surface area contributed by atoms with Crippen LogP contribution in [-0.2, 0) is 11.3 Å². The molecule has 0 radical (unpaired) electrons. The molecule has 0 aliphatic heterocycles. The fraction of sp³-hybridized carbons (Fsp3) is 0.0870. The fourth-order valence-electron chi connectivity index (χ4n) is 3.20. The van der Waals surface area contributed by atoms with Gasteiger partial charge >= 0.3 is 0 Å². The van der Waals surface area contributed by atoms with Crippen molar-refractivity contribution in [2.24, 2.45) is 0 Å². The van der Waals surface area contributed by atoms with E-state index in [-0.39, 0.29) is 17.1 Å². The molecule has 0 saturated carbocycles. The predicted octanol–water partition coefficient (Wildman–Crippen LogP) is 4.77. The summed E-state index contributed by atoms with van der Waals surface area (Å²) in [7, 11) is 0. The summed E-state index contributed by atoms with van der Waals surface area (Å²) >= 11 is 1.11. The second-order valence-electron chi connectivity index (χ2n) is 6.97. The molecule has 0 bridgehead atoms. The maximum absolute atomic E-state index is 14.5. The number of anilines is 1. The van der Waals surface area contributed by atoms with Crippen LogP contribution in [0.15, 0.2) is 84.0 Å². The van der Waals surface area contributed by atoms with Gasteiger partial charge in [0.25, 0.3) is 5.69 Å². The van der Waals surface area contributed by atoms with Crippen molar-refractivity contribution in [2.45, 2.75) is 11.7 Å². The maximum atomic E-state index is 14.5. The third-order valence-corrected chi connectivity index (χ3v) is 5.69. The molecular formula is C23H18FN5O3S. The van der Waals surface area contributed by atoms with E-state index >= 15 is 0 Å². The average Bonchev–Trinajstić information content (AvgIpc) is 3.21. The third-order valence-electron chi connectivity index (χ3n) is 4.72. The van der Waals surface area contributed by atoms with Crippen molar-refractivity contribution in [1.82, 2.24) is 14.8 Å². The number of para-hydroxylation sites is 2. The number of halogens is 1. The lowest BCUT2D eigenvalue weighted by Gasteiger charge is -2.11. The lowest BCUT2D eigenvalue weighted by Crippen LogP contribution is -2.15. The van der Waals surface area contributed by atoms with Crippen molar-refractivity contribution in [1.29, 1.82) is 0 Å². The molecule has 1 N–H and O–H groups in total. The lowest BCUT2D eigenvalue weighted by molar-refractivity contribution is -0.383. The highest BCUT2D eigenvalue weighted by Crippen LogP contribution is 2.28. The summed E-state index contributed by atoms with van der Waals surface area (Å²) in [6.07, 6.45) is 0. The molecule has 166 valence electrons. The average molecular weight is 463 g/mol. The Bertz CT molecular complexity index is 1300. The first-order valence-corrected chi connectivity index (χ1v) is 10.9. The van der Waals surface area contributed by atoms with Crippen LogP contribution >= 0.6 is 11.8 Å². The van der Waals surface area contributed by atoms with Gasteiger partial charge < -0.3 is 5.32 Å². The molecule has 0 atom stereocenters. The van der Waals surface area contributed by atoms with Gasteiger partial charge in [0.2, 0.25) is 5.91 Å². The maximum Gasteiger partial charge on any atom is 0.292 e. The Labute approximate surface area is 192 Å². The molecule has 3 aromatic carbocycles. The molecule has 4 rings (SSSR count). The van der Waals surface area contributed by atoms with Crippen molar-refractivity contribution >= 4 is 29.0 Å². The van der Waals surface area contributed by atoms with E-state index in [0.717, 1.165) is 17.3 Å². The number of benzene rings is 3. The zero-order valence-corrected chi connectivity index (χ0v) is 18.0. The Morgan fingerprint density at radius 1 is 1.00 bits per heavy atom. The van der Waals surface area contributed by atoms with E-state index in [2.05, 4.69) is 15.5 Å². The highest BCUT2D eigenvalue weighted by Gasteiger charge is 2.19. The molecule has 0 unspecified atom stereocenters. The minimum atomic E-state index is -0.556. The molecule has 10 heteroatoms. The number of hydrogen-bond donors (Lipinski definition) is 1. The summed E-state index contributed by atoms with van der Waals surface area (Å²) in [4.78, 5) is 23.1. The fourth-order valence-corrected chi connectivity index (χ4v) is 3.94. The van der Waals surface area contributed by atoms with Crippen LogP contribution in [0.4, 0.5) is 15.8 Å². The molecular weight excluding hydrogens is 445 g/mol. The molecule has 1 amide bonds. The van der Waals surface area contributed by atoms with Crippen LogP contribution in [0.25, 0.3) is 11.4 Å². The summed E-state index contributed by atoms with van der Waals surface area (Å²) < 4.78 is 16.2. The zero-order chi connectivity index (χ0) is 23.2. The van der Waals surface area contributed by atoms with Gasteiger partial charge in [0.05, 0.1) is 22.8 Å². The van der Waals surface area contributed by atoms with E-state index in [1.807, 2.05) is 30.3 Å². The first-order valence-electron chi connectivity index (χ1n) is 9.91. The van der Waals surface area contributed by atoms with Crippen LogP contribution in [0.3, 0.4) is 0 Å². The number of rotatable bonds is 8. The van der Waals surface area contributed by atoms with Crippen LogP contribution in [-0.4, -0.2) is 31.3 Å². The van der Waals surface area contributed by atoms with Gasteiger partial charge in [-0.2, -0.15) is 0 Å². The number of carbonyl (C=O) groups excluding carboxylic acids is 1. The molecule has 0 aliphatic rings. The number of aromatic nitrogens is 3. The second kappa shape index (κ2) is 10.0. The van der Waals surface area contributed by atoms with E-state index in [1.165, 1.54) is 24.3 Å². The molecule has 4 aromatic rings. The van der Waals surface area contributed by atoms with E-state index in [0.29, 0.717) is 23.1 Å². The second-order valence-corrected chi connectivity index (χ2v) is 7.91. The van der Waals surface area contributed by atoms with Crippen LogP contribution in [0.1, 0.15) is 5.56 Å². The van der Waals surface area contributed by atoms with E-state index in [4.69, 9.17) is 0 Å². The van der Waals surface area contributed by atoms with Crippen molar-refractivity contribution in [2.75, 3.05) is 11.1 Å².